The third-order valence-electron chi connectivity index (χ3n) is 4.84. The molecule has 0 amide bonds. The highest BCUT2D eigenvalue weighted by atomic mass is 16.5. The van der Waals surface area contributed by atoms with Crippen molar-refractivity contribution in [2.24, 2.45) is 23.2 Å². The molecule has 2 aliphatic carbocycles. The second-order valence-electron chi connectivity index (χ2n) is 7.01. The van der Waals surface area contributed by atoms with Crippen molar-refractivity contribution < 1.29 is 9.84 Å². The monoisotopic (exact) mass is 226 g/mol. The predicted molar refractivity (Wildman–Crippen MR) is 65.2 cm³/mol. The van der Waals surface area contributed by atoms with Gasteiger partial charge in [0.1, 0.15) is 0 Å². The molecule has 2 fully saturated rings. The lowest BCUT2D eigenvalue weighted by molar-refractivity contribution is -0.140. The second kappa shape index (κ2) is 3.71. The van der Waals surface area contributed by atoms with Crippen LogP contribution in [0.25, 0.3) is 0 Å². The number of aliphatic hydroxyl groups excluding tert-OH is 1. The molecule has 0 saturated heterocycles. The van der Waals surface area contributed by atoms with Gasteiger partial charge in [0.05, 0.1) is 11.7 Å². The number of hydrogen-bond donors (Lipinski definition) is 1. The van der Waals surface area contributed by atoms with Crippen LogP contribution in [-0.2, 0) is 4.74 Å². The smallest absolute Gasteiger partial charge is 0.0915 e. The highest BCUT2D eigenvalue weighted by molar-refractivity contribution is 5.13. The summed E-state index contributed by atoms with van der Waals surface area (Å²) in [6.45, 7) is 11.8. The van der Waals surface area contributed by atoms with E-state index in [0.29, 0.717) is 11.3 Å². The van der Waals surface area contributed by atoms with Crippen LogP contribution in [0.5, 0.6) is 0 Å². The van der Waals surface area contributed by atoms with E-state index in [1.54, 1.807) is 0 Å². The van der Waals surface area contributed by atoms with Gasteiger partial charge >= 0.3 is 0 Å². The molecule has 2 rings (SSSR count). The molecule has 2 nitrogen and oxygen atoms in total. The Morgan fingerprint density at radius 1 is 1.25 bits per heavy atom. The number of aliphatic hydroxyl groups is 1. The minimum absolute atomic E-state index is 0.283. The van der Waals surface area contributed by atoms with Gasteiger partial charge in [-0.25, -0.2) is 0 Å². The van der Waals surface area contributed by atoms with Gasteiger partial charge in [-0.05, 0) is 42.9 Å². The van der Waals surface area contributed by atoms with Crippen molar-refractivity contribution in [3.05, 3.63) is 0 Å². The summed E-state index contributed by atoms with van der Waals surface area (Å²) in [7, 11) is 0. The van der Waals surface area contributed by atoms with Crippen LogP contribution < -0.4 is 0 Å². The van der Waals surface area contributed by atoms with Crippen LogP contribution in [0.4, 0.5) is 0 Å². The maximum absolute atomic E-state index is 10.2. The first-order valence-electron chi connectivity index (χ1n) is 6.59. The van der Waals surface area contributed by atoms with Gasteiger partial charge in [-0.2, -0.15) is 0 Å². The molecule has 4 atom stereocenters. The van der Waals surface area contributed by atoms with Crippen LogP contribution in [0.3, 0.4) is 0 Å². The average molecular weight is 226 g/mol. The van der Waals surface area contributed by atoms with Crippen LogP contribution in [0, 0.1) is 23.2 Å². The molecule has 0 aliphatic heterocycles. The van der Waals surface area contributed by atoms with E-state index < -0.39 is 0 Å². The molecule has 0 aromatic heterocycles. The topological polar surface area (TPSA) is 29.5 Å². The molecule has 2 aliphatic rings. The lowest BCUT2D eigenvalue weighted by Crippen LogP contribution is -2.46. The summed E-state index contributed by atoms with van der Waals surface area (Å²) in [5.41, 5.74) is 0.124. The Morgan fingerprint density at radius 3 is 2.44 bits per heavy atom. The number of ether oxygens (including phenoxy) is 1. The summed E-state index contributed by atoms with van der Waals surface area (Å²) in [5, 5.41) is 10.2. The van der Waals surface area contributed by atoms with Gasteiger partial charge in [-0.3, -0.25) is 0 Å². The van der Waals surface area contributed by atoms with E-state index in [4.69, 9.17) is 4.74 Å². The zero-order valence-corrected chi connectivity index (χ0v) is 11.3. The molecule has 0 spiro atoms. The summed E-state index contributed by atoms with van der Waals surface area (Å²) in [5.74, 6) is 2.01. The maximum Gasteiger partial charge on any atom is 0.0915 e. The molecule has 0 bridgehead atoms. The maximum atomic E-state index is 10.2. The van der Waals surface area contributed by atoms with Crippen molar-refractivity contribution in [3.8, 4) is 0 Å². The van der Waals surface area contributed by atoms with Gasteiger partial charge in [0.2, 0.25) is 0 Å². The van der Waals surface area contributed by atoms with Crippen molar-refractivity contribution in [1.82, 2.24) is 0 Å². The largest absolute Gasteiger partial charge is 0.390 e. The van der Waals surface area contributed by atoms with Gasteiger partial charge in [0, 0.05) is 6.61 Å². The summed E-state index contributed by atoms with van der Waals surface area (Å²) in [4.78, 5) is 0. The van der Waals surface area contributed by atoms with Gasteiger partial charge in [-0.15, -0.1) is 0 Å². The Morgan fingerprint density at radius 2 is 1.88 bits per heavy atom. The fourth-order valence-corrected chi connectivity index (χ4v) is 3.31. The zero-order valence-electron chi connectivity index (χ0n) is 11.3. The number of rotatable bonds is 3. The molecule has 0 aromatic carbocycles. The standard InChI is InChI=1S/C14H26O2/c1-9(2)8-16-14(5)7-11-10(6-12(14)15)13(11,3)4/h9-12,15H,6-8H2,1-5H3/t10-,11+,12-,14-/m1/s1. The fraction of sp³-hybridized carbons (Fsp3) is 1.00. The molecule has 0 radical (unpaired) electrons. The van der Waals surface area contributed by atoms with Crippen LogP contribution in [0.2, 0.25) is 0 Å². The van der Waals surface area contributed by atoms with Crippen molar-refractivity contribution in [2.45, 2.75) is 59.2 Å². The van der Waals surface area contributed by atoms with Crippen molar-refractivity contribution in [1.29, 1.82) is 0 Å². The van der Waals surface area contributed by atoms with E-state index in [-0.39, 0.29) is 11.7 Å². The van der Waals surface area contributed by atoms with E-state index in [0.717, 1.165) is 31.3 Å². The van der Waals surface area contributed by atoms with E-state index in [1.807, 2.05) is 0 Å². The first kappa shape index (κ1) is 12.4. The molecule has 2 heteroatoms. The summed E-state index contributed by atoms with van der Waals surface area (Å²) >= 11 is 0. The number of hydrogen-bond acceptors (Lipinski definition) is 2. The Kier molecular flexibility index (Phi) is 2.87. The molecule has 94 valence electrons. The van der Waals surface area contributed by atoms with Gasteiger partial charge in [-0.1, -0.05) is 27.7 Å². The Bertz CT molecular complexity index is 272. The minimum Gasteiger partial charge on any atom is -0.390 e. The van der Waals surface area contributed by atoms with E-state index in [2.05, 4.69) is 34.6 Å². The van der Waals surface area contributed by atoms with Crippen LogP contribution in [0.1, 0.15) is 47.5 Å². The normalized spacial score (nSPS) is 45.6. The first-order chi connectivity index (χ1) is 7.27. The summed E-state index contributed by atoms with van der Waals surface area (Å²) in [6, 6.07) is 0. The third-order valence-corrected chi connectivity index (χ3v) is 4.84. The highest BCUT2D eigenvalue weighted by Gasteiger charge is 2.64. The van der Waals surface area contributed by atoms with Crippen LogP contribution in [0.15, 0.2) is 0 Å². The fourth-order valence-electron chi connectivity index (χ4n) is 3.31. The molecule has 0 unspecified atom stereocenters. The predicted octanol–water partition coefficient (Wildman–Crippen LogP) is 2.84. The molecule has 1 N–H and O–H groups in total. The first-order valence-corrected chi connectivity index (χ1v) is 6.59. The van der Waals surface area contributed by atoms with Gasteiger partial charge in [0.15, 0.2) is 0 Å². The quantitative estimate of drug-likeness (QED) is 0.802. The molecule has 2 saturated carbocycles. The van der Waals surface area contributed by atoms with E-state index >= 15 is 0 Å². The highest BCUT2D eigenvalue weighted by Crippen LogP contribution is 2.66. The van der Waals surface area contributed by atoms with Crippen molar-refractivity contribution in [2.75, 3.05) is 6.61 Å². The molecule has 0 heterocycles. The average Bonchev–Trinajstić information content (AvgIpc) is 2.66. The lowest BCUT2D eigenvalue weighted by Gasteiger charge is -2.38. The van der Waals surface area contributed by atoms with Crippen LogP contribution in [-0.4, -0.2) is 23.4 Å². The second-order valence-corrected chi connectivity index (χ2v) is 7.01. The van der Waals surface area contributed by atoms with E-state index in [9.17, 15) is 5.11 Å². The molecule has 16 heavy (non-hydrogen) atoms. The lowest BCUT2D eigenvalue weighted by atomic mass is 9.83. The Hall–Kier alpha value is -0.0800. The number of fused-ring (bicyclic) bond motifs is 1. The molecular weight excluding hydrogens is 200 g/mol. The van der Waals surface area contributed by atoms with Gasteiger partial charge < -0.3 is 9.84 Å². The summed E-state index contributed by atoms with van der Waals surface area (Å²) in [6.07, 6.45) is 1.67. The molecule has 0 aromatic rings. The summed E-state index contributed by atoms with van der Waals surface area (Å²) < 4.78 is 5.98. The molecular formula is C14H26O2. The van der Waals surface area contributed by atoms with E-state index in [1.165, 1.54) is 0 Å². The Labute approximate surface area is 99.4 Å². The Balaban J connectivity index is 1.99. The zero-order chi connectivity index (χ0) is 12.1. The van der Waals surface area contributed by atoms with Crippen LogP contribution >= 0.6 is 0 Å². The minimum atomic E-state index is -0.306. The third kappa shape index (κ3) is 1.91. The SMILES string of the molecule is CC(C)CO[C@]1(C)C[C@H]2[C@@H](C[C@H]1O)C2(C)C. The van der Waals surface area contributed by atoms with Gasteiger partial charge in [0.25, 0.3) is 0 Å². The van der Waals surface area contributed by atoms with Crippen molar-refractivity contribution >= 4 is 0 Å². The van der Waals surface area contributed by atoms with Crippen molar-refractivity contribution in [3.63, 3.8) is 0 Å².